The number of amides is 1. The molecule has 1 heterocycles. The van der Waals surface area contributed by atoms with Crippen LogP contribution in [-0.4, -0.2) is 21.8 Å². The van der Waals surface area contributed by atoms with Crippen molar-refractivity contribution in [2.24, 2.45) is 18.5 Å². The van der Waals surface area contributed by atoms with Gasteiger partial charge in [-0.2, -0.15) is 0 Å². The van der Waals surface area contributed by atoms with E-state index in [1.165, 1.54) is 0 Å². The van der Waals surface area contributed by atoms with E-state index >= 15 is 0 Å². The molecule has 0 aliphatic carbocycles. The molecule has 1 rings (SSSR count). The number of hydrogen-bond donors (Lipinski definition) is 2. The SMILES string of the molecule is Cc1c(C)[n+](C)nn1C[C@H](N)C(N)=O. The summed E-state index contributed by atoms with van der Waals surface area (Å²) in [5.74, 6) is -0.514. The Morgan fingerprint density at radius 1 is 1.64 bits per heavy atom. The zero-order chi connectivity index (χ0) is 10.9. The molecule has 0 aliphatic rings. The van der Waals surface area contributed by atoms with Crippen molar-refractivity contribution < 1.29 is 9.48 Å². The Labute approximate surface area is 82.5 Å². The van der Waals surface area contributed by atoms with Crippen LogP contribution in [0.4, 0.5) is 0 Å². The fraction of sp³-hybridized carbons (Fsp3) is 0.625. The van der Waals surface area contributed by atoms with E-state index in [9.17, 15) is 4.79 Å². The van der Waals surface area contributed by atoms with Crippen LogP contribution >= 0.6 is 0 Å². The average molecular weight is 198 g/mol. The molecule has 1 aromatic rings. The maximum absolute atomic E-state index is 10.8. The predicted molar refractivity (Wildman–Crippen MR) is 50.0 cm³/mol. The maximum atomic E-state index is 10.8. The molecule has 1 amide bonds. The smallest absolute Gasteiger partial charge is 0.238 e. The van der Waals surface area contributed by atoms with Crippen LogP contribution in [0.25, 0.3) is 0 Å². The molecule has 14 heavy (non-hydrogen) atoms. The highest BCUT2D eigenvalue weighted by atomic mass is 16.1. The maximum Gasteiger partial charge on any atom is 0.238 e. The molecule has 0 unspecified atom stereocenters. The van der Waals surface area contributed by atoms with Gasteiger partial charge in [-0.25, -0.2) is 0 Å². The van der Waals surface area contributed by atoms with E-state index in [1.54, 1.807) is 9.36 Å². The quantitative estimate of drug-likeness (QED) is 0.558. The second-order valence-corrected chi connectivity index (χ2v) is 3.37. The molecule has 1 atom stereocenters. The molecule has 4 N–H and O–H groups in total. The Morgan fingerprint density at radius 3 is 2.57 bits per heavy atom. The summed E-state index contributed by atoms with van der Waals surface area (Å²) in [6.45, 7) is 4.20. The Balaban J connectivity index is 2.87. The van der Waals surface area contributed by atoms with Gasteiger partial charge < -0.3 is 11.5 Å². The number of nitrogens with two attached hydrogens (primary N) is 2. The molecule has 0 bridgehead atoms. The van der Waals surface area contributed by atoms with Crippen LogP contribution in [0.2, 0.25) is 0 Å². The van der Waals surface area contributed by atoms with Gasteiger partial charge in [0.25, 0.3) is 0 Å². The molecule has 0 saturated carbocycles. The van der Waals surface area contributed by atoms with E-state index in [4.69, 9.17) is 11.5 Å². The number of aromatic nitrogens is 3. The summed E-state index contributed by atoms with van der Waals surface area (Å²) in [5, 5.41) is 4.18. The Hall–Kier alpha value is -1.43. The van der Waals surface area contributed by atoms with Gasteiger partial charge >= 0.3 is 0 Å². The first-order valence-corrected chi connectivity index (χ1v) is 4.38. The number of nitrogens with zero attached hydrogens (tertiary/aromatic N) is 3. The van der Waals surface area contributed by atoms with E-state index in [2.05, 4.69) is 5.21 Å². The van der Waals surface area contributed by atoms with Crippen molar-refractivity contribution in [3.63, 3.8) is 0 Å². The van der Waals surface area contributed by atoms with E-state index < -0.39 is 11.9 Å². The molecule has 1 aromatic heterocycles. The normalized spacial score (nSPS) is 12.9. The standard InChI is InChI=1S/C8H15N5O/c1-5-6(2)13(11-12(5)3)4-7(9)8(10)14/h7H,4,9H2,1-3H3,(H-,10,14)/p+1/t7-/m0/s1. The van der Waals surface area contributed by atoms with Gasteiger partial charge in [-0.3, -0.25) is 4.79 Å². The third-order valence-electron chi connectivity index (χ3n) is 2.37. The van der Waals surface area contributed by atoms with Gasteiger partial charge in [0.2, 0.25) is 5.91 Å². The van der Waals surface area contributed by atoms with Crippen LogP contribution in [0, 0.1) is 13.8 Å². The number of aryl methyl sites for hydroxylation is 1. The molecule has 6 heteroatoms. The van der Waals surface area contributed by atoms with Crippen molar-refractivity contribution in [3.8, 4) is 0 Å². The fourth-order valence-corrected chi connectivity index (χ4v) is 1.17. The monoisotopic (exact) mass is 198 g/mol. The molecular weight excluding hydrogens is 182 g/mol. The number of carbonyl (C=O) groups excluding carboxylic acids is 1. The molecule has 0 aliphatic heterocycles. The largest absolute Gasteiger partial charge is 0.368 e. The second-order valence-electron chi connectivity index (χ2n) is 3.37. The Kier molecular flexibility index (Phi) is 2.85. The highest BCUT2D eigenvalue weighted by molar-refractivity contribution is 5.79. The predicted octanol–water partition coefficient (Wildman–Crippen LogP) is -1.86. The molecule has 0 aromatic carbocycles. The second kappa shape index (κ2) is 3.75. The number of primary amides is 1. The van der Waals surface area contributed by atoms with Gasteiger partial charge in [-0.1, -0.05) is 0 Å². The van der Waals surface area contributed by atoms with Crippen molar-refractivity contribution in [2.45, 2.75) is 26.4 Å². The van der Waals surface area contributed by atoms with Crippen LogP contribution < -0.4 is 16.1 Å². The minimum absolute atomic E-state index is 0.322. The number of hydrogen-bond acceptors (Lipinski definition) is 3. The topological polar surface area (TPSA) is 90.8 Å². The first kappa shape index (κ1) is 10.6. The Bertz CT molecular complexity index is 357. The van der Waals surface area contributed by atoms with Gasteiger partial charge in [0.05, 0.1) is 5.21 Å². The summed E-state index contributed by atoms with van der Waals surface area (Å²) >= 11 is 0. The summed E-state index contributed by atoms with van der Waals surface area (Å²) in [4.78, 5) is 10.8. The molecule has 0 spiro atoms. The van der Waals surface area contributed by atoms with Crippen LogP contribution in [0.1, 0.15) is 11.4 Å². The summed E-state index contributed by atoms with van der Waals surface area (Å²) in [5.41, 5.74) is 12.6. The lowest BCUT2D eigenvalue weighted by Gasteiger charge is -2.02. The molecule has 0 radical (unpaired) electrons. The van der Waals surface area contributed by atoms with Crippen molar-refractivity contribution in [1.29, 1.82) is 0 Å². The summed E-state index contributed by atoms with van der Waals surface area (Å²) in [7, 11) is 1.84. The first-order chi connectivity index (χ1) is 6.43. The lowest BCUT2D eigenvalue weighted by atomic mass is 10.3. The average Bonchev–Trinajstić information content (AvgIpc) is 2.33. The van der Waals surface area contributed by atoms with E-state index in [1.807, 2.05) is 20.9 Å². The van der Waals surface area contributed by atoms with Crippen LogP contribution in [0.5, 0.6) is 0 Å². The van der Waals surface area contributed by atoms with Gasteiger partial charge in [0, 0.05) is 13.8 Å². The molecule has 6 nitrogen and oxygen atoms in total. The van der Waals surface area contributed by atoms with Crippen LogP contribution in [0.15, 0.2) is 0 Å². The van der Waals surface area contributed by atoms with E-state index in [0.29, 0.717) is 6.54 Å². The molecule has 78 valence electrons. The van der Waals surface area contributed by atoms with Gasteiger partial charge in [-0.05, 0) is 0 Å². The van der Waals surface area contributed by atoms with Crippen molar-refractivity contribution >= 4 is 5.91 Å². The van der Waals surface area contributed by atoms with E-state index in [-0.39, 0.29) is 0 Å². The summed E-state index contributed by atoms with van der Waals surface area (Å²) < 4.78 is 3.42. The van der Waals surface area contributed by atoms with Crippen LogP contribution in [0.3, 0.4) is 0 Å². The lowest BCUT2D eigenvalue weighted by molar-refractivity contribution is -0.737. The zero-order valence-electron chi connectivity index (χ0n) is 8.69. The zero-order valence-corrected chi connectivity index (χ0v) is 8.69. The summed E-state index contributed by atoms with van der Waals surface area (Å²) in [6.07, 6.45) is 0. The lowest BCUT2D eigenvalue weighted by Crippen LogP contribution is -2.41. The van der Waals surface area contributed by atoms with Crippen LogP contribution in [-0.2, 0) is 18.4 Å². The molecule has 0 saturated heterocycles. The van der Waals surface area contributed by atoms with Gasteiger partial charge in [0.1, 0.15) is 19.6 Å². The molecule has 0 fully saturated rings. The fourth-order valence-electron chi connectivity index (χ4n) is 1.17. The third kappa shape index (κ3) is 1.90. The highest BCUT2D eigenvalue weighted by Crippen LogP contribution is 1.99. The van der Waals surface area contributed by atoms with Crippen molar-refractivity contribution in [1.82, 2.24) is 9.90 Å². The third-order valence-corrected chi connectivity index (χ3v) is 2.37. The Morgan fingerprint density at radius 2 is 2.21 bits per heavy atom. The van der Waals surface area contributed by atoms with Gasteiger partial charge in [0.15, 0.2) is 11.4 Å². The van der Waals surface area contributed by atoms with E-state index in [0.717, 1.165) is 11.4 Å². The first-order valence-electron chi connectivity index (χ1n) is 4.38. The number of rotatable bonds is 3. The number of carbonyl (C=O) groups is 1. The van der Waals surface area contributed by atoms with Crippen molar-refractivity contribution in [3.05, 3.63) is 11.4 Å². The van der Waals surface area contributed by atoms with Crippen molar-refractivity contribution in [2.75, 3.05) is 0 Å². The van der Waals surface area contributed by atoms with Gasteiger partial charge in [-0.15, -0.1) is 9.36 Å². The summed E-state index contributed by atoms with van der Waals surface area (Å²) in [6, 6.07) is -0.687. The highest BCUT2D eigenvalue weighted by Gasteiger charge is 2.20. The molecular formula is C8H16N5O+. The minimum atomic E-state index is -0.687. The minimum Gasteiger partial charge on any atom is -0.368 e.